The number of para-hydroxylation sites is 4. The van der Waals surface area contributed by atoms with E-state index in [9.17, 15) is 0 Å². The van der Waals surface area contributed by atoms with E-state index in [1.807, 2.05) is 0 Å². The standard InChI is InChI=1S/C56H37N3/c1-5-16-38(17-6-1)39-28-30-40(31-29-39)50-37-52(57-51-26-14-13-24-47(50)51)43-33-34-46-42(36-43)32-35-49-54(46)48-25-15-27-53(56(48)58-55(49)41-18-7-2-8-19-41)59(44-20-9-3-10-21-44)45-22-11-4-12-23-45/h1-37H. The van der Waals surface area contributed by atoms with Crippen LogP contribution in [0.3, 0.4) is 0 Å². The number of anilines is 3. The van der Waals surface area contributed by atoms with Gasteiger partial charge in [-0.25, -0.2) is 9.97 Å². The van der Waals surface area contributed by atoms with Gasteiger partial charge in [0.2, 0.25) is 0 Å². The highest BCUT2D eigenvalue weighted by molar-refractivity contribution is 6.24. The van der Waals surface area contributed by atoms with Crippen molar-refractivity contribution < 1.29 is 0 Å². The van der Waals surface area contributed by atoms with Gasteiger partial charge in [-0.05, 0) is 81.6 Å². The van der Waals surface area contributed by atoms with Crippen LogP contribution in [-0.4, -0.2) is 9.97 Å². The van der Waals surface area contributed by atoms with E-state index >= 15 is 0 Å². The smallest absolute Gasteiger partial charge is 0.0956 e. The number of hydrogen-bond acceptors (Lipinski definition) is 3. The second kappa shape index (κ2) is 14.6. The second-order valence-electron chi connectivity index (χ2n) is 14.9. The summed E-state index contributed by atoms with van der Waals surface area (Å²) in [5.41, 5.74) is 13.9. The third-order valence-electron chi connectivity index (χ3n) is 11.4. The molecule has 0 unspecified atom stereocenters. The Morgan fingerprint density at radius 3 is 1.61 bits per heavy atom. The molecule has 3 heteroatoms. The van der Waals surface area contributed by atoms with Crippen molar-refractivity contribution in [3.63, 3.8) is 0 Å². The van der Waals surface area contributed by atoms with E-state index in [2.05, 4.69) is 229 Å². The van der Waals surface area contributed by atoms with E-state index in [4.69, 9.17) is 9.97 Å². The molecule has 11 rings (SSSR count). The summed E-state index contributed by atoms with van der Waals surface area (Å²) in [7, 11) is 0. The van der Waals surface area contributed by atoms with Crippen LogP contribution < -0.4 is 4.90 Å². The quantitative estimate of drug-likeness (QED) is 0.152. The first-order chi connectivity index (χ1) is 29.3. The third-order valence-corrected chi connectivity index (χ3v) is 11.4. The summed E-state index contributed by atoms with van der Waals surface area (Å²) in [6, 6.07) is 79.8. The summed E-state index contributed by atoms with van der Waals surface area (Å²) in [5.74, 6) is 0. The summed E-state index contributed by atoms with van der Waals surface area (Å²) in [6.45, 7) is 0. The first-order valence-electron chi connectivity index (χ1n) is 20.1. The van der Waals surface area contributed by atoms with E-state index in [1.165, 1.54) is 33.0 Å². The Labute approximate surface area is 343 Å². The summed E-state index contributed by atoms with van der Waals surface area (Å²) >= 11 is 0. The Balaban J connectivity index is 1.11. The molecule has 276 valence electrons. The molecule has 11 aromatic rings. The number of rotatable bonds is 7. The lowest BCUT2D eigenvalue weighted by atomic mass is 9.92. The maximum atomic E-state index is 5.56. The molecular formula is C56H37N3. The molecule has 0 saturated heterocycles. The zero-order chi connectivity index (χ0) is 39.1. The fraction of sp³-hybridized carbons (Fsp3) is 0. The van der Waals surface area contributed by atoms with Gasteiger partial charge >= 0.3 is 0 Å². The summed E-state index contributed by atoms with van der Waals surface area (Å²) in [5, 5.41) is 6.88. The highest BCUT2D eigenvalue weighted by Gasteiger charge is 2.21. The monoisotopic (exact) mass is 751 g/mol. The molecule has 2 heterocycles. The minimum Gasteiger partial charge on any atom is -0.308 e. The molecule has 0 saturated carbocycles. The topological polar surface area (TPSA) is 29.0 Å². The van der Waals surface area contributed by atoms with E-state index in [1.54, 1.807) is 0 Å². The molecule has 0 aliphatic carbocycles. The Morgan fingerprint density at radius 1 is 0.339 bits per heavy atom. The maximum absolute atomic E-state index is 5.56. The normalized spacial score (nSPS) is 11.4. The largest absolute Gasteiger partial charge is 0.308 e. The fourth-order valence-electron chi connectivity index (χ4n) is 8.61. The van der Waals surface area contributed by atoms with Crippen molar-refractivity contribution in [3.8, 4) is 44.8 Å². The predicted molar refractivity (Wildman–Crippen MR) is 248 cm³/mol. The Morgan fingerprint density at radius 2 is 0.898 bits per heavy atom. The average molecular weight is 752 g/mol. The van der Waals surface area contributed by atoms with Crippen LogP contribution in [0.2, 0.25) is 0 Å². The second-order valence-corrected chi connectivity index (χ2v) is 14.9. The van der Waals surface area contributed by atoms with Gasteiger partial charge < -0.3 is 4.90 Å². The van der Waals surface area contributed by atoms with Crippen molar-refractivity contribution in [2.24, 2.45) is 0 Å². The van der Waals surface area contributed by atoms with Crippen LogP contribution >= 0.6 is 0 Å². The molecule has 2 aromatic heterocycles. The lowest BCUT2D eigenvalue weighted by Crippen LogP contribution is -2.11. The maximum Gasteiger partial charge on any atom is 0.0956 e. The molecule has 0 spiro atoms. The Hall–Kier alpha value is -7.88. The van der Waals surface area contributed by atoms with E-state index in [0.29, 0.717) is 0 Å². The molecular weight excluding hydrogens is 715 g/mol. The van der Waals surface area contributed by atoms with Gasteiger partial charge in [0, 0.05) is 44.0 Å². The predicted octanol–water partition coefficient (Wildman–Crippen LogP) is 15.2. The van der Waals surface area contributed by atoms with Gasteiger partial charge in [0.25, 0.3) is 0 Å². The SMILES string of the molecule is c1ccc(-c2ccc(-c3cc(-c4ccc5c(ccc6c(-c7ccccc7)nc7c(N(c8ccccc8)c8ccccc8)cccc7c65)c4)nc4ccccc34)cc2)cc1. The molecule has 3 nitrogen and oxygen atoms in total. The van der Waals surface area contributed by atoms with Gasteiger partial charge in [-0.15, -0.1) is 0 Å². The summed E-state index contributed by atoms with van der Waals surface area (Å²) in [4.78, 5) is 13.1. The van der Waals surface area contributed by atoms with Crippen LogP contribution in [0, 0.1) is 0 Å². The third kappa shape index (κ3) is 6.17. The highest BCUT2D eigenvalue weighted by atomic mass is 15.1. The van der Waals surface area contributed by atoms with Crippen molar-refractivity contribution in [3.05, 3.63) is 224 Å². The molecule has 0 bridgehead atoms. The number of hydrogen-bond donors (Lipinski definition) is 0. The number of benzene rings is 9. The lowest BCUT2D eigenvalue weighted by molar-refractivity contribution is 1.28. The van der Waals surface area contributed by atoms with Crippen LogP contribution in [0.1, 0.15) is 0 Å². The van der Waals surface area contributed by atoms with E-state index < -0.39 is 0 Å². The minimum absolute atomic E-state index is 0.945. The number of fused-ring (bicyclic) bond motifs is 6. The molecule has 0 fully saturated rings. The van der Waals surface area contributed by atoms with E-state index in [-0.39, 0.29) is 0 Å². The summed E-state index contributed by atoms with van der Waals surface area (Å²) < 4.78 is 0. The van der Waals surface area contributed by atoms with Crippen molar-refractivity contribution in [1.82, 2.24) is 9.97 Å². The van der Waals surface area contributed by atoms with Crippen molar-refractivity contribution in [2.75, 3.05) is 4.90 Å². The van der Waals surface area contributed by atoms with Crippen molar-refractivity contribution in [2.45, 2.75) is 0 Å². The molecule has 0 aliphatic heterocycles. The fourth-order valence-corrected chi connectivity index (χ4v) is 8.61. The number of pyridine rings is 2. The first kappa shape index (κ1) is 34.4. The molecule has 0 aliphatic rings. The molecule has 9 aromatic carbocycles. The average Bonchev–Trinajstić information content (AvgIpc) is 3.32. The van der Waals surface area contributed by atoms with Crippen LogP contribution in [0.4, 0.5) is 17.1 Å². The van der Waals surface area contributed by atoms with Gasteiger partial charge in [0.1, 0.15) is 0 Å². The van der Waals surface area contributed by atoms with Crippen LogP contribution in [-0.2, 0) is 0 Å². The molecule has 0 atom stereocenters. The highest BCUT2D eigenvalue weighted by Crippen LogP contribution is 2.44. The number of aromatic nitrogens is 2. The molecule has 59 heavy (non-hydrogen) atoms. The van der Waals surface area contributed by atoms with Crippen LogP contribution in [0.15, 0.2) is 224 Å². The van der Waals surface area contributed by atoms with Gasteiger partial charge in [0.05, 0.1) is 28.1 Å². The van der Waals surface area contributed by atoms with Gasteiger partial charge in [-0.2, -0.15) is 0 Å². The minimum atomic E-state index is 0.945. The summed E-state index contributed by atoms with van der Waals surface area (Å²) in [6.07, 6.45) is 0. The van der Waals surface area contributed by atoms with E-state index in [0.717, 1.165) is 72.2 Å². The Bertz CT molecular complexity index is 3250. The number of nitrogens with zero attached hydrogens (tertiary/aromatic N) is 3. The zero-order valence-electron chi connectivity index (χ0n) is 32.2. The Kier molecular flexibility index (Phi) is 8.49. The van der Waals surface area contributed by atoms with Gasteiger partial charge in [-0.3, -0.25) is 0 Å². The van der Waals surface area contributed by atoms with Crippen molar-refractivity contribution in [1.29, 1.82) is 0 Å². The van der Waals surface area contributed by atoms with Crippen LogP contribution in [0.25, 0.3) is 88.1 Å². The lowest BCUT2D eigenvalue weighted by Gasteiger charge is -2.27. The molecule has 0 radical (unpaired) electrons. The van der Waals surface area contributed by atoms with Crippen molar-refractivity contribution >= 4 is 60.4 Å². The van der Waals surface area contributed by atoms with Gasteiger partial charge in [-0.1, -0.05) is 176 Å². The van der Waals surface area contributed by atoms with Gasteiger partial charge in [0.15, 0.2) is 0 Å². The molecule has 0 amide bonds. The van der Waals surface area contributed by atoms with Crippen LogP contribution in [0.5, 0.6) is 0 Å². The first-order valence-corrected chi connectivity index (χ1v) is 20.1. The zero-order valence-corrected chi connectivity index (χ0v) is 32.2. The molecule has 0 N–H and O–H groups in total.